The Morgan fingerprint density at radius 2 is 1.67 bits per heavy atom. The summed E-state index contributed by atoms with van der Waals surface area (Å²) >= 11 is 0. The Kier molecular flexibility index (Phi) is 4.78. The van der Waals surface area contributed by atoms with Crippen LogP contribution in [0.4, 0.5) is 0 Å². The number of nitrogens with zero attached hydrogens (tertiary/aromatic N) is 3. The summed E-state index contributed by atoms with van der Waals surface area (Å²) in [6.45, 7) is 12.3. The van der Waals surface area contributed by atoms with Crippen molar-refractivity contribution in [3.8, 4) is 0 Å². The van der Waals surface area contributed by atoms with Gasteiger partial charge in [0.05, 0.1) is 6.54 Å². The molecule has 0 saturated heterocycles. The molecule has 114 valence electrons. The first-order valence-corrected chi connectivity index (χ1v) is 7.54. The summed E-state index contributed by atoms with van der Waals surface area (Å²) in [5.74, 6) is 1.79. The van der Waals surface area contributed by atoms with Crippen LogP contribution in [0.25, 0.3) is 0 Å². The van der Waals surface area contributed by atoms with Crippen molar-refractivity contribution in [3.05, 3.63) is 47.0 Å². The zero-order valence-electron chi connectivity index (χ0n) is 13.8. The molecule has 1 heterocycles. The van der Waals surface area contributed by atoms with E-state index in [1.54, 1.807) is 0 Å². The highest BCUT2D eigenvalue weighted by molar-refractivity contribution is 5.23. The molecule has 2 aromatic rings. The molecular formula is C17H26N4. The number of aryl methyl sites for hydroxylation is 2. The third-order valence-electron chi connectivity index (χ3n) is 3.39. The van der Waals surface area contributed by atoms with Crippen LogP contribution >= 0.6 is 0 Å². The molecule has 0 fully saturated rings. The van der Waals surface area contributed by atoms with Gasteiger partial charge in [-0.1, -0.05) is 24.3 Å². The predicted octanol–water partition coefficient (Wildman–Crippen LogP) is 2.87. The van der Waals surface area contributed by atoms with Crippen molar-refractivity contribution in [2.24, 2.45) is 0 Å². The van der Waals surface area contributed by atoms with E-state index in [1.165, 1.54) is 11.1 Å². The Morgan fingerprint density at radius 1 is 1.05 bits per heavy atom. The minimum Gasteiger partial charge on any atom is -0.312 e. The lowest BCUT2D eigenvalue weighted by Crippen LogP contribution is -2.37. The third-order valence-corrected chi connectivity index (χ3v) is 3.39. The third kappa shape index (κ3) is 4.97. The Balaban J connectivity index is 1.91. The Labute approximate surface area is 127 Å². The van der Waals surface area contributed by atoms with Crippen molar-refractivity contribution >= 4 is 0 Å². The fourth-order valence-corrected chi connectivity index (χ4v) is 2.28. The number of aromatic nitrogens is 3. The first-order valence-electron chi connectivity index (χ1n) is 7.54. The van der Waals surface area contributed by atoms with Crippen molar-refractivity contribution in [1.29, 1.82) is 0 Å². The smallest absolute Gasteiger partial charge is 0.147 e. The van der Waals surface area contributed by atoms with Gasteiger partial charge in [0.15, 0.2) is 0 Å². The maximum atomic E-state index is 4.40. The summed E-state index contributed by atoms with van der Waals surface area (Å²) in [5.41, 5.74) is 2.81. The quantitative estimate of drug-likeness (QED) is 0.919. The second-order valence-electron chi connectivity index (χ2n) is 6.61. The van der Waals surface area contributed by atoms with Gasteiger partial charge >= 0.3 is 0 Å². The average Bonchev–Trinajstić information content (AvgIpc) is 2.68. The zero-order valence-corrected chi connectivity index (χ0v) is 13.8. The summed E-state index contributed by atoms with van der Waals surface area (Å²) in [6, 6.07) is 8.78. The van der Waals surface area contributed by atoms with Crippen molar-refractivity contribution in [2.45, 2.75) is 53.1 Å². The van der Waals surface area contributed by atoms with Crippen molar-refractivity contribution < 1.29 is 0 Å². The van der Waals surface area contributed by atoms with Gasteiger partial charge in [-0.05, 0) is 58.7 Å². The van der Waals surface area contributed by atoms with Gasteiger partial charge in [0, 0.05) is 5.54 Å². The molecule has 0 aliphatic rings. The molecule has 0 amide bonds. The maximum Gasteiger partial charge on any atom is 0.147 e. The van der Waals surface area contributed by atoms with E-state index in [4.69, 9.17) is 0 Å². The molecule has 0 saturated carbocycles. The standard InChI is InChI=1S/C17H26N4/c1-13-19-14(2)21(20-13)12-16-8-6-15(7-9-16)10-11-18-17(3,4)5/h6-9,18H,10-12H2,1-5H3. The lowest BCUT2D eigenvalue weighted by Gasteiger charge is -2.20. The van der Waals surface area contributed by atoms with Crippen LogP contribution < -0.4 is 5.32 Å². The zero-order chi connectivity index (χ0) is 15.5. The van der Waals surface area contributed by atoms with Gasteiger partial charge in [-0.25, -0.2) is 9.67 Å². The second-order valence-corrected chi connectivity index (χ2v) is 6.61. The summed E-state index contributed by atoms with van der Waals surface area (Å²) in [6.07, 6.45) is 1.05. The maximum absolute atomic E-state index is 4.40. The molecular weight excluding hydrogens is 260 g/mol. The van der Waals surface area contributed by atoms with Crippen LogP contribution in [0.1, 0.15) is 43.5 Å². The minimum absolute atomic E-state index is 0.183. The molecule has 1 aromatic heterocycles. The first-order chi connectivity index (χ1) is 9.83. The van der Waals surface area contributed by atoms with Gasteiger partial charge in [0.25, 0.3) is 0 Å². The minimum atomic E-state index is 0.183. The monoisotopic (exact) mass is 286 g/mol. The molecule has 2 rings (SSSR count). The molecule has 0 atom stereocenters. The number of benzene rings is 1. The molecule has 0 unspecified atom stereocenters. The van der Waals surface area contributed by atoms with E-state index in [0.29, 0.717) is 0 Å². The van der Waals surface area contributed by atoms with Crippen LogP contribution in [-0.4, -0.2) is 26.8 Å². The summed E-state index contributed by atoms with van der Waals surface area (Å²) in [7, 11) is 0. The summed E-state index contributed by atoms with van der Waals surface area (Å²) < 4.78 is 1.95. The SMILES string of the molecule is Cc1nc(C)n(Cc2ccc(CCNC(C)(C)C)cc2)n1. The molecule has 0 bridgehead atoms. The molecule has 0 aliphatic heterocycles. The van der Waals surface area contributed by atoms with Crippen LogP contribution in [0.2, 0.25) is 0 Å². The van der Waals surface area contributed by atoms with Gasteiger partial charge < -0.3 is 5.32 Å². The highest BCUT2D eigenvalue weighted by atomic mass is 15.3. The van der Waals surface area contributed by atoms with E-state index >= 15 is 0 Å². The highest BCUT2D eigenvalue weighted by Crippen LogP contribution is 2.08. The van der Waals surface area contributed by atoms with Crippen LogP contribution in [0.15, 0.2) is 24.3 Å². The number of nitrogens with one attached hydrogen (secondary N) is 1. The molecule has 1 N–H and O–H groups in total. The van der Waals surface area contributed by atoms with E-state index in [9.17, 15) is 0 Å². The lowest BCUT2D eigenvalue weighted by molar-refractivity contribution is 0.429. The Hall–Kier alpha value is -1.68. The van der Waals surface area contributed by atoms with Gasteiger partial charge in [-0.15, -0.1) is 0 Å². The van der Waals surface area contributed by atoms with Gasteiger partial charge in [-0.2, -0.15) is 5.10 Å². The fourth-order valence-electron chi connectivity index (χ4n) is 2.28. The second kappa shape index (κ2) is 6.39. The lowest BCUT2D eigenvalue weighted by atomic mass is 10.1. The van der Waals surface area contributed by atoms with Gasteiger partial charge in [0.2, 0.25) is 0 Å². The highest BCUT2D eigenvalue weighted by Gasteiger charge is 2.08. The van der Waals surface area contributed by atoms with Crippen LogP contribution in [0.5, 0.6) is 0 Å². The number of rotatable bonds is 5. The molecule has 4 heteroatoms. The van der Waals surface area contributed by atoms with E-state index in [0.717, 1.165) is 31.2 Å². The molecule has 0 aliphatic carbocycles. The molecule has 1 aromatic carbocycles. The molecule has 0 spiro atoms. The van der Waals surface area contributed by atoms with E-state index in [-0.39, 0.29) is 5.54 Å². The van der Waals surface area contributed by atoms with Gasteiger partial charge in [-0.3, -0.25) is 0 Å². The summed E-state index contributed by atoms with van der Waals surface area (Å²) in [5, 5.41) is 7.91. The van der Waals surface area contributed by atoms with E-state index < -0.39 is 0 Å². The van der Waals surface area contributed by atoms with Crippen LogP contribution in [0, 0.1) is 13.8 Å². The van der Waals surface area contributed by atoms with E-state index in [1.807, 2.05) is 18.5 Å². The number of hydrogen-bond donors (Lipinski definition) is 1. The normalized spacial score (nSPS) is 11.9. The fraction of sp³-hybridized carbons (Fsp3) is 0.529. The van der Waals surface area contributed by atoms with Crippen molar-refractivity contribution in [1.82, 2.24) is 20.1 Å². The topological polar surface area (TPSA) is 42.7 Å². The van der Waals surface area contributed by atoms with Crippen molar-refractivity contribution in [2.75, 3.05) is 6.54 Å². The predicted molar refractivity (Wildman–Crippen MR) is 86.5 cm³/mol. The average molecular weight is 286 g/mol. The summed E-state index contributed by atoms with van der Waals surface area (Å²) in [4.78, 5) is 4.33. The molecule has 21 heavy (non-hydrogen) atoms. The Bertz CT molecular complexity index is 576. The molecule has 4 nitrogen and oxygen atoms in total. The van der Waals surface area contributed by atoms with Crippen LogP contribution in [-0.2, 0) is 13.0 Å². The van der Waals surface area contributed by atoms with Gasteiger partial charge in [0.1, 0.15) is 11.6 Å². The van der Waals surface area contributed by atoms with Crippen LogP contribution in [0.3, 0.4) is 0 Å². The largest absolute Gasteiger partial charge is 0.312 e. The number of hydrogen-bond acceptors (Lipinski definition) is 3. The molecule has 0 radical (unpaired) electrons. The first kappa shape index (κ1) is 15.7. The Morgan fingerprint density at radius 3 is 2.19 bits per heavy atom. The van der Waals surface area contributed by atoms with E-state index in [2.05, 4.69) is 60.4 Å². The van der Waals surface area contributed by atoms with Crippen molar-refractivity contribution in [3.63, 3.8) is 0 Å².